The molecule has 27 heavy (non-hydrogen) atoms. The predicted molar refractivity (Wildman–Crippen MR) is 112 cm³/mol. The molecule has 146 valence electrons. The monoisotopic (exact) mass is 386 g/mol. The molecule has 0 unspecified atom stereocenters. The van der Waals surface area contributed by atoms with Gasteiger partial charge in [-0.3, -0.25) is 14.4 Å². The van der Waals surface area contributed by atoms with E-state index in [0.29, 0.717) is 18.2 Å². The minimum absolute atomic E-state index is 0.0294. The Kier molecular flexibility index (Phi) is 6.27. The molecule has 1 saturated heterocycles. The average Bonchev–Trinajstić information content (AvgIpc) is 3.03. The highest BCUT2D eigenvalue weighted by atomic mass is 32.2. The normalized spacial score (nSPS) is 18.4. The first kappa shape index (κ1) is 20.0. The summed E-state index contributed by atoms with van der Waals surface area (Å²) >= 11 is 1.97. The molecule has 0 radical (unpaired) electrons. The van der Waals surface area contributed by atoms with Gasteiger partial charge in [-0.15, -0.1) is 0 Å². The number of carbonyl (C=O) groups is 1. The number of amides is 1. The van der Waals surface area contributed by atoms with Gasteiger partial charge in [0.25, 0.3) is 5.91 Å². The summed E-state index contributed by atoms with van der Waals surface area (Å²) in [5.41, 5.74) is 2.78. The van der Waals surface area contributed by atoms with Crippen molar-refractivity contribution in [2.24, 2.45) is 0 Å². The Balaban J connectivity index is 1.62. The molecule has 1 aliphatic rings. The van der Waals surface area contributed by atoms with Gasteiger partial charge in [0.1, 0.15) is 0 Å². The van der Waals surface area contributed by atoms with Crippen LogP contribution in [0.2, 0.25) is 0 Å². The van der Waals surface area contributed by atoms with E-state index >= 15 is 0 Å². The van der Waals surface area contributed by atoms with Gasteiger partial charge in [-0.05, 0) is 33.3 Å². The van der Waals surface area contributed by atoms with E-state index in [1.807, 2.05) is 29.4 Å². The Labute approximate surface area is 166 Å². The van der Waals surface area contributed by atoms with Crippen molar-refractivity contribution in [3.8, 4) is 0 Å². The SMILES string of the molecule is Cc1c(C(=O)NC[C@H]2CSCCN2Cc2ccccc2)cnn1C(C)(C)C. The number of nitrogens with zero attached hydrogens (tertiary/aromatic N) is 3. The third-order valence-electron chi connectivity index (χ3n) is 4.97. The highest BCUT2D eigenvalue weighted by Gasteiger charge is 2.25. The highest BCUT2D eigenvalue weighted by molar-refractivity contribution is 7.99. The van der Waals surface area contributed by atoms with Crippen LogP contribution in [0, 0.1) is 6.92 Å². The van der Waals surface area contributed by atoms with Crippen LogP contribution in [0.3, 0.4) is 0 Å². The van der Waals surface area contributed by atoms with Gasteiger partial charge >= 0.3 is 0 Å². The summed E-state index contributed by atoms with van der Waals surface area (Å²) in [7, 11) is 0. The lowest BCUT2D eigenvalue weighted by Gasteiger charge is -2.35. The highest BCUT2D eigenvalue weighted by Crippen LogP contribution is 2.20. The van der Waals surface area contributed by atoms with Crippen molar-refractivity contribution in [2.75, 3.05) is 24.6 Å². The fraction of sp³-hybridized carbons (Fsp3) is 0.524. The minimum atomic E-state index is -0.130. The molecule has 1 amide bonds. The van der Waals surface area contributed by atoms with E-state index in [1.165, 1.54) is 5.56 Å². The lowest BCUT2D eigenvalue weighted by atomic mass is 10.1. The molecular weight excluding hydrogens is 356 g/mol. The largest absolute Gasteiger partial charge is 0.350 e. The second-order valence-corrected chi connectivity index (χ2v) is 9.27. The summed E-state index contributed by atoms with van der Waals surface area (Å²) in [4.78, 5) is 15.2. The van der Waals surface area contributed by atoms with Gasteiger partial charge in [0.2, 0.25) is 0 Å². The Bertz CT molecular complexity index is 766. The van der Waals surface area contributed by atoms with Gasteiger partial charge in [-0.25, -0.2) is 0 Å². The van der Waals surface area contributed by atoms with Crippen LogP contribution in [0.25, 0.3) is 0 Å². The molecular formula is C21H30N4OS. The van der Waals surface area contributed by atoms with Gasteiger partial charge in [0.05, 0.1) is 17.3 Å². The summed E-state index contributed by atoms with van der Waals surface area (Å²) in [6.07, 6.45) is 1.69. The van der Waals surface area contributed by atoms with E-state index < -0.39 is 0 Å². The van der Waals surface area contributed by atoms with Crippen molar-refractivity contribution in [1.29, 1.82) is 0 Å². The van der Waals surface area contributed by atoms with Crippen molar-refractivity contribution in [3.05, 3.63) is 53.3 Å². The molecule has 6 heteroatoms. The van der Waals surface area contributed by atoms with Gasteiger partial charge in [0.15, 0.2) is 0 Å². The lowest BCUT2D eigenvalue weighted by Crippen LogP contribution is -2.48. The topological polar surface area (TPSA) is 50.2 Å². The number of aromatic nitrogens is 2. The quantitative estimate of drug-likeness (QED) is 0.857. The number of carbonyl (C=O) groups excluding carboxylic acids is 1. The first-order valence-electron chi connectivity index (χ1n) is 9.55. The maximum Gasteiger partial charge on any atom is 0.254 e. The molecule has 2 aromatic rings. The van der Waals surface area contributed by atoms with Crippen molar-refractivity contribution < 1.29 is 4.79 Å². The number of rotatable bonds is 5. The third kappa shape index (κ3) is 4.93. The smallest absolute Gasteiger partial charge is 0.254 e. The van der Waals surface area contributed by atoms with E-state index in [9.17, 15) is 4.79 Å². The van der Waals surface area contributed by atoms with Crippen LogP contribution >= 0.6 is 11.8 Å². The van der Waals surface area contributed by atoms with Crippen molar-refractivity contribution in [3.63, 3.8) is 0 Å². The maximum absolute atomic E-state index is 12.7. The second kappa shape index (κ2) is 8.48. The van der Waals surface area contributed by atoms with Gasteiger partial charge in [0, 0.05) is 42.9 Å². The van der Waals surface area contributed by atoms with Crippen LogP contribution in [0.5, 0.6) is 0 Å². The minimum Gasteiger partial charge on any atom is -0.350 e. The summed E-state index contributed by atoms with van der Waals surface area (Å²) in [5, 5.41) is 7.56. The molecule has 1 atom stereocenters. The molecule has 1 fully saturated rings. The predicted octanol–water partition coefficient (Wildman–Crippen LogP) is 3.29. The third-order valence-corrected chi connectivity index (χ3v) is 6.06. The van der Waals surface area contributed by atoms with Crippen LogP contribution in [0.1, 0.15) is 42.4 Å². The molecule has 0 aliphatic carbocycles. The molecule has 1 aliphatic heterocycles. The van der Waals surface area contributed by atoms with E-state index in [2.05, 4.69) is 60.4 Å². The molecule has 1 N–H and O–H groups in total. The Hall–Kier alpha value is -1.79. The van der Waals surface area contributed by atoms with Gasteiger partial charge < -0.3 is 5.32 Å². The average molecular weight is 387 g/mol. The number of thioether (sulfide) groups is 1. The fourth-order valence-corrected chi connectivity index (χ4v) is 4.65. The van der Waals surface area contributed by atoms with E-state index in [0.717, 1.165) is 30.3 Å². The lowest BCUT2D eigenvalue weighted by molar-refractivity contribution is 0.0934. The van der Waals surface area contributed by atoms with E-state index in [4.69, 9.17) is 0 Å². The molecule has 0 spiro atoms. The summed E-state index contributed by atoms with van der Waals surface area (Å²) in [5.74, 6) is 2.17. The fourth-order valence-electron chi connectivity index (χ4n) is 3.52. The second-order valence-electron chi connectivity index (χ2n) is 8.12. The standard InChI is InChI=1S/C21H30N4OS/c1-16-19(13-23-25(16)21(2,3)4)20(26)22-12-18-15-27-11-10-24(18)14-17-8-6-5-7-9-17/h5-9,13,18H,10-12,14-15H2,1-4H3,(H,22,26)/t18-/m0/s1. The zero-order chi connectivity index (χ0) is 19.4. The molecule has 1 aromatic carbocycles. The summed E-state index contributed by atoms with van der Waals surface area (Å²) in [6.45, 7) is 10.9. The first-order valence-corrected chi connectivity index (χ1v) is 10.7. The van der Waals surface area contributed by atoms with Crippen molar-refractivity contribution in [2.45, 2.75) is 45.8 Å². The number of nitrogens with one attached hydrogen (secondary N) is 1. The molecule has 0 bridgehead atoms. The zero-order valence-corrected chi connectivity index (χ0v) is 17.6. The number of hydrogen-bond acceptors (Lipinski definition) is 4. The van der Waals surface area contributed by atoms with Gasteiger partial charge in [-0.2, -0.15) is 16.9 Å². The van der Waals surface area contributed by atoms with Crippen LogP contribution in [0.15, 0.2) is 36.5 Å². The Morgan fingerprint density at radius 3 is 2.70 bits per heavy atom. The Morgan fingerprint density at radius 1 is 1.30 bits per heavy atom. The first-order chi connectivity index (χ1) is 12.9. The van der Waals surface area contributed by atoms with Crippen LogP contribution in [0.4, 0.5) is 0 Å². The molecule has 1 aromatic heterocycles. The summed E-state index contributed by atoms with van der Waals surface area (Å²) in [6, 6.07) is 10.9. The van der Waals surface area contributed by atoms with E-state index in [1.54, 1.807) is 6.20 Å². The van der Waals surface area contributed by atoms with Gasteiger partial charge in [-0.1, -0.05) is 30.3 Å². The maximum atomic E-state index is 12.7. The molecule has 3 rings (SSSR count). The zero-order valence-electron chi connectivity index (χ0n) is 16.7. The van der Waals surface area contributed by atoms with Crippen LogP contribution in [-0.4, -0.2) is 51.2 Å². The molecule has 2 heterocycles. The molecule has 0 saturated carbocycles. The molecule has 5 nitrogen and oxygen atoms in total. The van der Waals surface area contributed by atoms with Crippen LogP contribution in [-0.2, 0) is 12.1 Å². The number of hydrogen-bond donors (Lipinski definition) is 1. The van der Waals surface area contributed by atoms with Crippen molar-refractivity contribution >= 4 is 17.7 Å². The number of benzene rings is 1. The summed E-state index contributed by atoms with van der Waals surface area (Å²) < 4.78 is 1.92. The van der Waals surface area contributed by atoms with Crippen LogP contribution < -0.4 is 5.32 Å². The van der Waals surface area contributed by atoms with E-state index in [-0.39, 0.29) is 11.4 Å². The van der Waals surface area contributed by atoms with Crippen molar-refractivity contribution in [1.82, 2.24) is 20.0 Å². The Morgan fingerprint density at radius 2 is 2.04 bits per heavy atom.